The minimum Gasteiger partial charge on any atom is -0.500 e. The van der Waals surface area contributed by atoms with Gasteiger partial charge >= 0.3 is 0 Å². The van der Waals surface area contributed by atoms with Crippen molar-refractivity contribution < 1.29 is 14.5 Å². The number of hydrogen-bond acceptors (Lipinski definition) is 5. The number of Topliss-reactive ketones (excluding diaryl/α,β-unsaturated/α-hetero) is 1. The van der Waals surface area contributed by atoms with Crippen molar-refractivity contribution >= 4 is 21.7 Å². The van der Waals surface area contributed by atoms with E-state index < -0.39 is 11.8 Å². The Labute approximate surface area is 160 Å². The van der Waals surface area contributed by atoms with E-state index in [1.54, 1.807) is 6.08 Å². The van der Waals surface area contributed by atoms with Crippen LogP contribution in [0, 0.1) is 22.0 Å². The molecule has 2 aliphatic rings. The molecule has 0 saturated carbocycles. The Morgan fingerprint density at radius 3 is 2.69 bits per heavy atom. The summed E-state index contributed by atoms with van der Waals surface area (Å²) in [6.07, 6.45) is 3.47. The number of benzene rings is 1. The lowest BCUT2D eigenvalue weighted by Gasteiger charge is -2.37. The van der Waals surface area contributed by atoms with Gasteiger partial charge in [0.2, 0.25) is 0 Å². The molecule has 0 bridgehead atoms. The molecule has 6 nitrogen and oxygen atoms in total. The summed E-state index contributed by atoms with van der Waals surface area (Å²) in [4.78, 5) is 25.6. The van der Waals surface area contributed by atoms with Crippen LogP contribution in [-0.2, 0) is 16.1 Å². The van der Waals surface area contributed by atoms with Crippen molar-refractivity contribution in [3.63, 3.8) is 0 Å². The molecule has 26 heavy (non-hydrogen) atoms. The summed E-state index contributed by atoms with van der Waals surface area (Å²) < 4.78 is 5.33. The van der Waals surface area contributed by atoms with E-state index in [0.29, 0.717) is 25.3 Å². The molecule has 1 saturated heterocycles. The number of piperidine rings is 1. The van der Waals surface area contributed by atoms with Gasteiger partial charge in [-0.2, -0.15) is 0 Å². The second-order valence-corrected chi connectivity index (χ2v) is 7.58. The molecule has 138 valence electrons. The highest BCUT2D eigenvalue weighted by atomic mass is 79.9. The molecule has 3 unspecified atom stereocenters. The zero-order valence-electron chi connectivity index (χ0n) is 14.5. The van der Waals surface area contributed by atoms with Crippen molar-refractivity contribution in [3.05, 3.63) is 69.6 Å². The third-order valence-electron chi connectivity index (χ3n) is 5.02. The van der Waals surface area contributed by atoms with Crippen molar-refractivity contribution in [2.45, 2.75) is 17.8 Å². The fourth-order valence-electron chi connectivity index (χ4n) is 3.69. The van der Waals surface area contributed by atoms with Gasteiger partial charge in [0.1, 0.15) is 11.5 Å². The Balaban J connectivity index is 1.83. The van der Waals surface area contributed by atoms with Gasteiger partial charge in [-0.1, -0.05) is 46.3 Å². The zero-order chi connectivity index (χ0) is 18.7. The highest BCUT2D eigenvalue weighted by molar-refractivity contribution is 9.09. The molecule has 1 aromatic rings. The molecule has 0 amide bonds. The summed E-state index contributed by atoms with van der Waals surface area (Å²) in [6, 6.07) is 10.0. The van der Waals surface area contributed by atoms with Crippen molar-refractivity contribution in [1.82, 2.24) is 4.90 Å². The summed E-state index contributed by atoms with van der Waals surface area (Å²) in [5, 5.41) is 11.5. The second kappa shape index (κ2) is 8.14. The second-order valence-electron chi connectivity index (χ2n) is 6.59. The molecule has 0 aromatic heterocycles. The number of rotatable bonds is 5. The summed E-state index contributed by atoms with van der Waals surface area (Å²) >= 11 is 3.53. The number of ether oxygens (including phenoxy) is 1. The third kappa shape index (κ3) is 3.88. The number of likely N-dealkylation sites (tertiary alicyclic amines) is 1. The number of nitro groups is 1. The molecule has 1 aromatic carbocycles. The number of methoxy groups -OCH3 is 1. The maximum absolute atomic E-state index is 12.6. The minimum atomic E-state index is -0.545. The van der Waals surface area contributed by atoms with Crippen LogP contribution in [0.2, 0.25) is 0 Å². The molecule has 0 N–H and O–H groups in total. The van der Waals surface area contributed by atoms with E-state index in [1.165, 1.54) is 18.7 Å². The largest absolute Gasteiger partial charge is 0.500 e. The first-order chi connectivity index (χ1) is 12.5. The molecule has 3 atom stereocenters. The van der Waals surface area contributed by atoms with E-state index in [2.05, 4.69) is 20.8 Å². The number of nitrogens with zero attached hydrogens (tertiary/aromatic N) is 2. The van der Waals surface area contributed by atoms with E-state index in [0.717, 1.165) is 6.54 Å². The molecular formula is C19H21BrN2O4. The Morgan fingerprint density at radius 1 is 1.31 bits per heavy atom. The lowest BCUT2D eigenvalue weighted by molar-refractivity contribution is -0.435. The lowest BCUT2D eigenvalue weighted by Crippen LogP contribution is -2.47. The van der Waals surface area contributed by atoms with E-state index in [1.807, 2.05) is 30.3 Å². The van der Waals surface area contributed by atoms with Gasteiger partial charge in [0.15, 0.2) is 0 Å². The highest BCUT2D eigenvalue weighted by Crippen LogP contribution is 2.39. The van der Waals surface area contributed by atoms with Gasteiger partial charge < -0.3 is 4.74 Å². The van der Waals surface area contributed by atoms with Crippen LogP contribution < -0.4 is 0 Å². The van der Waals surface area contributed by atoms with Gasteiger partial charge in [-0.25, -0.2) is 0 Å². The van der Waals surface area contributed by atoms with Crippen molar-refractivity contribution in [1.29, 1.82) is 0 Å². The van der Waals surface area contributed by atoms with Crippen LogP contribution in [0.15, 0.2) is 53.9 Å². The van der Waals surface area contributed by atoms with Gasteiger partial charge in [-0.3, -0.25) is 19.8 Å². The van der Waals surface area contributed by atoms with Gasteiger partial charge in [0.05, 0.1) is 22.8 Å². The van der Waals surface area contributed by atoms with Crippen molar-refractivity contribution in [2.24, 2.45) is 11.8 Å². The number of alkyl halides is 1. The van der Waals surface area contributed by atoms with Crippen LogP contribution in [0.3, 0.4) is 0 Å². The quantitative estimate of drug-likeness (QED) is 0.415. The predicted octanol–water partition coefficient (Wildman–Crippen LogP) is 3.16. The van der Waals surface area contributed by atoms with Gasteiger partial charge in [0.25, 0.3) is 5.70 Å². The molecular weight excluding hydrogens is 400 g/mol. The fourth-order valence-corrected chi connectivity index (χ4v) is 4.67. The van der Waals surface area contributed by atoms with Crippen molar-refractivity contribution in [2.75, 3.05) is 20.2 Å². The Morgan fingerprint density at radius 2 is 2.04 bits per heavy atom. The number of ketones is 1. The monoisotopic (exact) mass is 420 g/mol. The molecule has 0 spiro atoms. The first-order valence-electron chi connectivity index (χ1n) is 8.54. The molecule has 7 heteroatoms. The topological polar surface area (TPSA) is 72.7 Å². The average Bonchev–Trinajstić information content (AvgIpc) is 2.64. The normalized spacial score (nSPS) is 26.8. The Hall–Kier alpha value is -1.99. The van der Waals surface area contributed by atoms with Crippen LogP contribution in [0.5, 0.6) is 0 Å². The Kier molecular flexibility index (Phi) is 5.88. The van der Waals surface area contributed by atoms with E-state index in [-0.39, 0.29) is 21.2 Å². The summed E-state index contributed by atoms with van der Waals surface area (Å²) in [5.41, 5.74) is 1.23. The Bertz CT molecular complexity index is 747. The maximum Gasteiger partial charge on any atom is 0.251 e. The molecule has 3 rings (SSSR count). The van der Waals surface area contributed by atoms with Crippen molar-refractivity contribution in [3.8, 4) is 0 Å². The summed E-state index contributed by atoms with van der Waals surface area (Å²) in [6.45, 7) is 1.91. The first kappa shape index (κ1) is 18.8. The molecule has 1 aliphatic carbocycles. The van der Waals surface area contributed by atoms with Crippen LogP contribution in [0.25, 0.3) is 0 Å². The predicted molar refractivity (Wildman–Crippen MR) is 101 cm³/mol. The van der Waals surface area contributed by atoms with E-state index in [4.69, 9.17) is 4.74 Å². The number of carbonyl (C=O) groups excluding carboxylic acids is 1. The molecule has 1 heterocycles. The van der Waals surface area contributed by atoms with E-state index in [9.17, 15) is 14.9 Å². The van der Waals surface area contributed by atoms with Crippen LogP contribution >= 0.6 is 15.9 Å². The fraction of sp³-hybridized carbons (Fsp3) is 0.421. The smallest absolute Gasteiger partial charge is 0.251 e. The van der Waals surface area contributed by atoms with Gasteiger partial charge in [-0.15, -0.1) is 0 Å². The van der Waals surface area contributed by atoms with Gasteiger partial charge in [-0.05, 0) is 11.6 Å². The SMILES string of the molecule is COC1=CC=C([N+](=O)[O-])C(C2CN(Cc3ccccc3)CCC2=O)C1Br. The van der Waals surface area contributed by atoms with Crippen LogP contribution in [0.1, 0.15) is 12.0 Å². The van der Waals surface area contributed by atoms with Crippen LogP contribution in [0.4, 0.5) is 0 Å². The number of carbonyl (C=O) groups is 1. The number of hydrogen-bond donors (Lipinski definition) is 0. The summed E-state index contributed by atoms with van der Waals surface area (Å²) in [5.74, 6) is -0.300. The number of halogens is 1. The highest BCUT2D eigenvalue weighted by Gasteiger charge is 2.46. The first-order valence-corrected chi connectivity index (χ1v) is 9.46. The minimum absolute atomic E-state index is 0.0626. The van der Waals surface area contributed by atoms with Gasteiger partial charge in [0, 0.05) is 38.0 Å². The van der Waals surface area contributed by atoms with E-state index >= 15 is 0 Å². The number of allylic oxidation sites excluding steroid dienone is 4. The molecule has 0 radical (unpaired) electrons. The molecule has 1 aliphatic heterocycles. The molecule has 1 fully saturated rings. The average molecular weight is 421 g/mol. The summed E-state index contributed by atoms with van der Waals surface area (Å²) in [7, 11) is 1.53. The zero-order valence-corrected chi connectivity index (χ0v) is 16.1. The lowest BCUT2D eigenvalue weighted by atomic mass is 9.78. The van der Waals surface area contributed by atoms with Crippen LogP contribution in [-0.4, -0.2) is 40.6 Å². The standard InChI is InChI=1S/C19H21BrN2O4/c1-26-17-8-7-15(22(24)25)18(19(17)20)14-12-21(10-9-16(14)23)11-13-5-3-2-4-6-13/h2-8,14,18-19H,9-12H2,1H3. The third-order valence-corrected chi connectivity index (χ3v) is 6.04. The maximum atomic E-state index is 12.6.